The Hall–Kier alpha value is -5.34. The highest BCUT2D eigenvalue weighted by molar-refractivity contribution is 8.01. The molecule has 47 heavy (non-hydrogen) atoms. The second-order valence-electron chi connectivity index (χ2n) is 10.8. The number of hydrogen-bond acceptors (Lipinski definition) is 10. The quantitative estimate of drug-likeness (QED) is 0.112. The summed E-state index contributed by atoms with van der Waals surface area (Å²) in [6.45, 7) is 0. The van der Waals surface area contributed by atoms with Crippen molar-refractivity contribution in [2.45, 2.75) is 39.6 Å². The van der Waals surface area contributed by atoms with Gasteiger partial charge in [0, 0.05) is 46.9 Å². The van der Waals surface area contributed by atoms with Crippen LogP contribution in [0.1, 0.15) is 24.0 Å². The minimum absolute atomic E-state index is 0.0209. The maximum Gasteiger partial charge on any atom is 0.269 e. The first-order valence-corrected chi connectivity index (χ1v) is 16.1. The molecule has 2 fully saturated rings. The number of amides is 4. The van der Waals surface area contributed by atoms with Gasteiger partial charge in [-0.2, -0.15) is 0 Å². The van der Waals surface area contributed by atoms with Gasteiger partial charge in [0.1, 0.15) is 0 Å². The fourth-order valence-corrected chi connectivity index (χ4v) is 7.43. The third kappa shape index (κ3) is 6.78. The lowest BCUT2D eigenvalue weighted by molar-refractivity contribution is -0.385. The number of hydrogen-bond donors (Lipinski definition) is 0. The average Bonchev–Trinajstić information content (AvgIpc) is 3.50. The predicted molar refractivity (Wildman–Crippen MR) is 175 cm³/mol. The van der Waals surface area contributed by atoms with Crippen LogP contribution in [0.15, 0.2) is 107 Å². The van der Waals surface area contributed by atoms with Crippen molar-refractivity contribution in [3.8, 4) is 0 Å². The van der Waals surface area contributed by atoms with Crippen LogP contribution in [-0.4, -0.2) is 44.0 Å². The molecule has 2 atom stereocenters. The van der Waals surface area contributed by atoms with Crippen molar-refractivity contribution in [3.05, 3.63) is 128 Å². The van der Waals surface area contributed by atoms with Crippen LogP contribution in [-0.2, 0) is 25.6 Å². The Bertz CT molecular complexity index is 1760. The number of nitrogens with zero attached hydrogens (tertiary/aromatic N) is 4. The zero-order valence-electron chi connectivity index (χ0n) is 24.4. The minimum atomic E-state index is -0.632. The molecular weight excluding hydrogens is 645 g/mol. The first-order valence-electron chi connectivity index (χ1n) is 14.3. The Morgan fingerprint density at radius 3 is 1.21 bits per heavy atom. The van der Waals surface area contributed by atoms with Crippen molar-refractivity contribution >= 4 is 69.9 Å². The second kappa shape index (κ2) is 13.2. The summed E-state index contributed by atoms with van der Waals surface area (Å²) in [7, 11) is 0. The van der Waals surface area contributed by atoms with Crippen LogP contribution in [0.3, 0.4) is 0 Å². The molecule has 0 bridgehead atoms. The summed E-state index contributed by atoms with van der Waals surface area (Å²) in [5.41, 5.74) is 2.65. The molecule has 12 nitrogen and oxygen atoms in total. The van der Waals surface area contributed by atoms with Gasteiger partial charge in [0.15, 0.2) is 0 Å². The van der Waals surface area contributed by atoms with Crippen molar-refractivity contribution in [1.82, 2.24) is 0 Å². The number of anilines is 2. The largest absolute Gasteiger partial charge is 0.274 e. The van der Waals surface area contributed by atoms with Gasteiger partial charge < -0.3 is 0 Å². The number of nitro benzene ring substituents is 2. The number of rotatable bonds is 10. The maximum atomic E-state index is 13.1. The number of non-ortho nitro benzene ring substituents is 2. The smallest absolute Gasteiger partial charge is 0.269 e. The molecule has 2 aliphatic heterocycles. The summed E-state index contributed by atoms with van der Waals surface area (Å²) < 4.78 is 0. The molecule has 0 saturated carbocycles. The molecule has 6 rings (SSSR count). The van der Waals surface area contributed by atoms with E-state index in [0.29, 0.717) is 27.6 Å². The van der Waals surface area contributed by atoms with Crippen molar-refractivity contribution in [2.75, 3.05) is 9.80 Å². The summed E-state index contributed by atoms with van der Waals surface area (Å²) in [5.74, 6) is -1.34. The van der Waals surface area contributed by atoms with Crippen LogP contribution in [0.25, 0.3) is 0 Å². The fourth-order valence-electron chi connectivity index (χ4n) is 5.32. The molecule has 4 aromatic carbocycles. The highest BCUT2D eigenvalue weighted by Gasteiger charge is 2.41. The van der Waals surface area contributed by atoms with E-state index in [1.165, 1.54) is 57.6 Å². The SMILES string of the molecule is O=C1CC(Sc2ccc([N+](=O)[O-])cc2)C(=O)N1c1ccc(Cc2ccc(N3C(=O)CC(Sc4ccc([N+](=O)[O-])cc4)C3=O)cc2)cc1. The van der Waals surface area contributed by atoms with E-state index < -0.39 is 20.3 Å². The monoisotopic (exact) mass is 668 g/mol. The van der Waals surface area contributed by atoms with Gasteiger partial charge >= 0.3 is 0 Å². The Morgan fingerprint density at radius 1 is 0.553 bits per heavy atom. The van der Waals surface area contributed by atoms with Crippen molar-refractivity contribution in [2.24, 2.45) is 0 Å². The van der Waals surface area contributed by atoms with Crippen molar-refractivity contribution in [3.63, 3.8) is 0 Å². The van der Waals surface area contributed by atoms with Crippen LogP contribution < -0.4 is 9.80 Å². The lowest BCUT2D eigenvalue weighted by Crippen LogP contribution is -2.31. The van der Waals surface area contributed by atoms with Gasteiger partial charge in [0.25, 0.3) is 11.4 Å². The zero-order valence-corrected chi connectivity index (χ0v) is 26.0. The standard InChI is InChI=1S/C33H24N4O8S2/c38-30-18-28(46-26-13-9-24(10-14-26)36(42)43)32(40)34(30)22-5-1-20(2-6-22)17-21-3-7-23(8-4-21)35-31(39)19-29(33(35)41)47-27-15-11-25(12-16-27)37(44)45/h1-16,28-29H,17-19H2. The number of imide groups is 2. The predicted octanol–water partition coefficient (Wildman–Crippen LogP) is 5.94. The molecule has 2 aliphatic rings. The highest BCUT2D eigenvalue weighted by atomic mass is 32.2. The van der Waals surface area contributed by atoms with Gasteiger partial charge in [-0.15, -0.1) is 23.5 Å². The number of carbonyl (C=O) groups excluding carboxylic acids is 4. The molecule has 4 amide bonds. The fraction of sp³-hybridized carbons (Fsp3) is 0.152. The number of thioether (sulfide) groups is 2. The van der Waals surface area contributed by atoms with Crippen LogP contribution in [0.4, 0.5) is 22.7 Å². The Balaban J connectivity index is 1.06. The molecule has 0 radical (unpaired) electrons. The first-order chi connectivity index (χ1) is 22.6. The van der Waals surface area contributed by atoms with E-state index in [1.807, 2.05) is 24.3 Å². The number of carbonyl (C=O) groups is 4. The second-order valence-corrected chi connectivity index (χ2v) is 13.3. The number of nitro groups is 2. The summed E-state index contributed by atoms with van der Waals surface area (Å²) in [6, 6.07) is 25.8. The van der Waals surface area contributed by atoms with E-state index in [4.69, 9.17) is 0 Å². The molecule has 0 aliphatic carbocycles. The normalized spacial score (nSPS) is 17.9. The van der Waals surface area contributed by atoms with E-state index in [0.717, 1.165) is 11.1 Å². The van der Waals surface area contributed by atoms with Gasteiger partial charge in [-0.25, -0.2) is 9.80 Å². The third-order valence-corrected chi connectivity index (χ3v) is 10.1. The summed E-state index contributed by atoms with van der Waals surface area (Å²) in [6.07, 6.45) is 0.571. The molecule has 0 spiro atoms. The Kier molecular flexibility index (Phi) is 8.87. The molecule has 236 valence electrons. The van der Waals surface area contributed by atoms with Crippen molar-refractivity contribution < 1.29 is 29.0 Å². The van der Waals surface area contributed by atoms with Gasteiger partial charge in [-0.05, 0) is 66.1 Å². The third-order valence-electron chi connectivity index (χ3n) is 7.66. The lowest BCUT2D eigenvalue weighted by Gasteiger charge is -2.16. The van der Waals surface area contributed by atoms with Crippen LogP contribution in [0.2, 0.25) is 0 Å². The molecule has 0 N–H and O–H groups in total. The molecule has 4 aromatic rings. The topological polar surface area (TPSA) is 161 Å². The summed E-state index contributed by atoms with van der Waals surface area (Å²) >= 11 is 2.39. The van der Waals surface area contributed by atoms with E-state index in [1.54, 1.807) is 48.5 Å². The van der Waals surface area contributed by atoms with Gasteiger partial charge in [0.05, 0.1) is 31.7 Å². The number of benzene rings is 4. The van der Waals surface area contributed by atoms with E-state index >= 15 is 0 Å². The van der Waals surface area contributed by atoms with E-state index in [2.05, 4.69) is 0 Å². The molecular formula is C33H24N4O8S2. The highest BCUT2D eigenvalue weighted by Crippen LogP contribution is 2.36. The molecule has 2 saturated heterocycles. The molecule has 14 heteroatoms. The van der Waals surface area contributed by atoms with Gasteiger partial charge in [0.2, 0.25) is 23.6 Å². The van der Waals surface area contributed by atoms with E-state index in [9.17, 15) is 39.4 Å². The van der Waals surface area contributed by atoms with E-state index in [-0.39, 0.29) is 47.8 Å². The molecule has 0 aromatic heterocycles. The average molecular weight is 669 g/mol. The lowest BCUT2D eigenvalue weighted by atomic mass is 10.0. The summed E-state index contributed by atoms with van der Waals surface area (Å²) in [5, 5.41) is 20.5. The van der Waals surface area contributed by atoms with Gasteiger partial charge in [-0.3, -0.25) is 39.4 Å². The Morgan fingerprint density at radius 2 is 0.894 bits per heavy atom. The maximum absolute atomic E-state index is 13.1. The molecule has 2 unspecified atom stereocenters. The first kappa shape index (κ1) is 31.6. The minimum Gasteiger partial charge on any atom is -0.274 e. The van der Waals surface area contributed by atoms with Crippen LogP contribution >= 0.6 is 23.5 Å². The van der Waals surface area contributed by atoms with Gasteiger partial charge in [-0.1, -0.05) is 24.3 Å². The molecule has 2 heterocycles. The van der Waals surface area contributed by atoms with Crippen molar-refractivity contribution in [1.29, 1.82) is 0 Å². The Labute approximate surface area is 276 Å². The van der Waals surface area contributed by atoms with Crippen LogP contribution in [0.5, 0.6) is 0 Å². The van der Waals surface area contributed by atoms with Crippen LogP contribution in [0, 0.1) is 20.2 Å². The zero-order chi connectivity index (χ0) is 33.2. The summed E-state index contributed by atoms with van der Waals surface area (Å²) in [4.78, 5) is 76.2.